The second-order valence-corrected chi connectivity index (χ2v) is 31.3. The molecule has 0 spiro atoms. The number of unbranched alkanes of at least 4 members (excludes halogenated alkanes) is 45. The summed E-state index contributed by atoms with van der Waals surface area (Å²) in [5.41, 5.74) is 0. The number of ether oxygens (including phenoxy) is 4. The van der Waals surface area contributed by atoms with Crippen molar-refractivity contribution in [1.29, 1.82) is 0 Å². The van der Waals surface area contributed by atoms with E-state index >= 15 is 0 Å². The summed E-state index contributed by atoms with van der Waals surface area (Å²) >= 11 is 0. The summed E-state index contributed by atoms with van der Waals surface area (Å²) in [5, 5.41) is 10.6. The van der Waals surface area contributed by atoms with Crippen molar-refractivity contribution in [3.05, 3.63) is 0 Å². The summed E-state index contributed by atoms with van der Waals surface area (Å²) in [6.45, 7) is 9.61. The van der Waals surface area contributed by atoms with Crippen molar-refractivity contribution < 1.29 is 80.2 Å². The van der Waals surface area contributed by atoms with Crippen LogP contribution in [0.2, 0.25) is 0 Å². The van der Waals surface area contributed by atoms with Gasteiger partial charge < -0.3 is 33.8 Å². The minimum Gasteiger partial charge on any atom is -0.462 e. The number of hydrogen-bond acceptors (Lipinski definition) is 15. The average molecular weight is 1400 g/mol. The summed E-state index contributed by atoms with van der Waals surface area (Å²) in [6, 6.07) is 0. The Morgan fingerprint density at radius 1 is 0.284 bits per heavy atom. The van der Waals surface area contributed by atoms with Gasteiger partial charge in [0.2, 0.25) is 0 Å². The molecule has 5 atom stereocenters. The minimum atomic E-state index is -4.96. The highest BCUT2D eigenvalue weighted by atomic mass is 31.2. The number of hydrogen-bond donors (Lipinski definition) is 3. The third-order valence-corrected chi connectivity index (χ3v) is 19.6. The molecular formula is C76H148O17P2. The molecule has 19 heteroatoms. The molecule has 3 N–H and O–H groups in total. The Labute approximate surface area is 581 Å². The normalized spacial score (nSPS) is 14.0. The zero-order valence-electron chi connectivity index (χ0n) is 62.0. The predicted molar refractivity (Wildman–Crippen MR) is 386 cm³/mol. The van der Waals surface area contributed by atoms with Crippen molar-refractivity contribution in [2.45, 2.75) is 413 Å². The smallest absolute Gasteiger partial charge is 0.462 e. The lowest BCUT2D eigenvalue weighted by molar-refractivity contribution is -0.161. The maximum atomic E-state index is 13.1. The predicted octanol–water partition coefficient (Wildman–Crippen LogP) is 22.3. The molecule has 2 unspecified atom stereocenters. The first-order valence-corrected chi connectivity index (χ1v) is 42.5. The van der Waals surface area contributed by atoms with E-state index < -0.39 is 97.5 Å². The number of rotatable bonds is 75. The van der Waals surface area contributed by atoms with Crippen molar-refractivity contribution in [2.24, 2.45) is 11.8 Å². The Morgan fingerprint density at radius 2 is 0.484 bits per heavy atom. The van der Waals surface area contributed by atoms with Crippen molar-refractivity contribution in [2.75, 3.05) is 39.6 Å². The van der Waals surface area contributed by atoms with E-state index in [2.05, 4.69) is 41.5 Å². The molecule has 0 bridgehead atoms. The molecule has 0 aliphatic rings. The van der Waals surface area contributed by atoms with E-state index in [9.17, 15) is 43.2 Å². The van der Waals surface area contributed by atoms with Gasteiger partial charge in [0.25, 0.3) is 0 Å². The number of aliphatic hydroxyl groups is 1. The van der Waals surface area contributed by atoms with Gasteiger partial charge in [0.05, 0.1) is 26.4 Å². The van der Waals surface area contributed by atoms with Crippen LogP contribution in [0, 0.1) is 11.8 Å². The van der Waals surface area contributed by atoms with Crippen molar-refractivity contribution in [1.82, 2.24) is 0 Å². The molecule has 0 radical (unpaired) electrons. The molecule has 0 saturated heterocycles. The summed E-state index contributed by atoms with van der Waals surface area (Å²) in [4.78, 5) is 72.8. The minimum absolute atomic E-state index is 0.106. The van der Waals surface area contributed by atoms with Gasteiger partial charge in [-0.15, -0.1) is 0 Å². The van der Waals surface area contributed by atoms with E-state index in [4.69, 9.17) is 37.0 Å². The highest BCUT2D eigenvalue weighted by molar-refractivity contribution is 7.47. The van der Waals surface area contributed by atoms with E-state index in [0.29, 0.717) is 25.7 Å². The van der Waals surface area contributed by atoms with Gasteiger partial charge in [-0.2, -0.15) is 0 Å². The van der Waals surface area contributed by atoms with E-state index in [1.807, 2.05) is 0 Å². The van der Waals surface area contributed by atoms with Crippen molar-refractivity contribution >= 4 is 39.5 Å². The molecule has 0 aromatic heterocycles. The molecule has 0 aromatic carbocycles. The summed E-state index contributed by atoms with van der Waals surface area (Å²) in [5.74, 6) is -0.566. The second-order valence-electron chi connectivity index (χ2n) is 28.3. The molecule has 0 saturated carbocycles. The summed E-state index contributed by atoms with van der Waals surface area (Å²) in [6.07, 6.45) is 55.3. The number of aliphatic hydroxyl groups excluding tert-OH is 1. The summed E-state index contributed by atoms with van der Waals surface area (Å²) < 4.78 is 68.5. The molecule has 0 fully saturated rings. The molecule has 0 heterocycles. The maximum Gasteiger partial charge on any atom is 0.472 e. The van der Waals surface area contributed by atoms with Crippen LogP contribution in [-0.2, 0) is 65.4 Å². The van der Waals surface area contributed by atoms with Crippen molar-refractivity contribution in [3.63, 3.8) is 0 Å². The summed E-state index contributed by atoms with van der Waals surface area (Å²) in [7, 11) is -9.91. The van der Waals surface area contributed by atoms with Gasteiger partial charge in [-0.3, -0.25) is 37.3 Å². The van der Waals surface area contributed by atoms with Gasteiger partial charge in [-0.25, -0.2) is 9.13 Å². The molecule has 0 aliphatic heterocycles. The zero-order valence-corrected chi connectivity index (χ0v) is 63.8. The first kappa shape index (κ1) is 93.1. The van der Waals surface area contributed by atoms with Gasteiger partial charge >= 0.3 is 39.5 Å². The van der Waals surface area contributed by atoms with Crippen LogP contribution in [0.5, 0.6) is 0 Å². The van der Waals surface area contributed by atoms with Crippen LogP contribution in [0.3, 0.4) is 0 Å². The molecular weight excluding hydrogens is 1250 g/mol. The molecule has 564 valence electrons. The standard InChI is InChI=1S/C76H148O17P2/c1-7-9-11-13-15-17-19-20-24-28-35-41-47-53-59-74(79)87-65-71(92-75(80)60-54-48-42-36-29-25-22-21-23-27-32-38-44-50-56-68(3)4)66-90-94(82,83)88-62-70(77)63-89-95(84,85)91-67-72(64-86-73(78)58-52-46-40-34-26-18-16-14-12-10-8-2)93-76(81)61-55-49-43-37-31-30-33-39-45-51-57-69(5)6/h68-72,77H,7-67H2,1-6H3,(H,82,83)(H,84,85)/t70-,71-,72-/m1/s1. The lowest BCUT2D eigenvalue weighted by Gasteiger charge is -2.21. The lowest BCUT2D eigenvalue weighted by Crippen LogP contribution is -2.30. The van der Waals surface area contributed by atoms with Crippen LogP contribution in [0.4, 0.5) is 0 Å². The first-order chi connectivity index (χ1) is 45.9. The SMILES string of the molecule is CCCCCCCCCCCCCCCCC(=O)OC[C@H](COP(=O)(O)OC[C@@H](O)COP(=O)(O)OC[C@@H](COC(=O)CCCCCCCCCCCCC)OC(=O)CCCCCCCCCCCCC(C)C)OC(=O)CCCCCCCCCCCCCCCCC(C)C. The Kier molecular flexibility index (Phi) is 66.5. The average Bonchev–Trinajstić information content (AvgIpc) is 1.34. The van der Waals surface area contributed by atoms with Gasteiger partial charge in [0.1, 0.15) is 19.3 Å². The van der Waals surface area contributed by atoms with E-state index in [-0.39, 0.29) is 25.7 Å². The fraction of sp³-hybridized carbons (Fsp3) is 0.947. The fourth-order valence-corrected chi connectivity index (χ4v) is 13.2. The highest BCUT2D eigenvalue weighted by Crippen LogP contribution is 2.45. The molecule has 17 nitrogen and oxygen atoms in total. The maximum absolute atomic E-state index is 13.1. The number of phosphoric acid groups is 2. The van der Waals surface area contributed by atoms with Gasteiger partial charge in [-0.1, -0.05) is 343 Å². The molecule has 95 heavy (non-hydrogen) atoms. The zero-order chi connectivity index (χ0) is 70.0. The van der Waals surface area contributed by atoms with Crippen LogP contribution in [0.25, 0.3) is 0 Å². The number of phosphoric ester groups is 2. The molecule has 0 amide bonds. The van der Waals surface area contributed by atoms with Crippen LogP contribution >= 0.6 is 15.6 Å². The Hall–Kier alpha value is -1.94. The van der Waals surface area contributed by atoms with Gasteiger partial charge in [0, 0.05) is 25.7 Å². The molecule has 0 aromatic rings. The lowest BCUT2D eigenvalue weighted by atomic mass is 10.0. The van der Waals surface area contributed by atoms with Crippen LogP contribution in [0.1, 0.15) is 395 Å². The van der Waals surface area contributed by atoms with Crippen molar-refractivity contribution in [3.8, 4) is 0 Å². The molecule has 0 rings (SSSR count). The van der Waals surface area contributed by atoms with E-state index in [0.717, 1.165) is 102 Å². The van der Waals surface area contributed by atoms with E-state index in [1.54, 1.807) is 0 Å². The second kappa shape index (κ2) is 67.9. The van der Waals surface area contributed by atoms with Gasteiger partial charge in [0.15, 0.2) is 12.2 Å². The van der Waals surface area contributed by atoms with E-state index in [1.165, 1.54) is 212 Å². The Balaban J connectivity index is 5.25. The molecule has 0 aliphatic carbocycles. The topological polar surface area (TPSA) is 237 Å². The first-order valence-electron chi connectivity index (χ1n) is 39.5. The van der Waals surface area contributed by atoms with Crippen LogP contribution in [0.15, 0.2) is 0 Å². The third kappa shape index (κ3) is 70.3. The third-order valence-electron chi connectivity index (χ3n) is 17.7. The number of carbonyl (C=O) groups excluding carboxylic acids is 4. The largest absolute Gasteiger partial charge is 0.472 e. The van der Waals surface area contributed by atoms with Crippen LogP contribution in [-0.4, -0.2) is 96.7 Å². The number of carbonyl (C=O) groups is 4. The number of esters is 4. The quantitative estimate of drug-likeness (QED) is 0.0222. The monoisotopic (exact) mass is 1400 g/mol. The Morgan fingerprint density at radius 3 is 0.716 bits per heavy atom. The highest BCUT2D eigenvalue weighted by Gasteiger charge is 2.30. The van der Waals surface area contributed by atoms with Gasteiger partial charge in [-0.05, 0) is 37.5 Å². The Bertz CT molecular complexity index is 1840. The fourth-order valence-electron chi connectivity index (χ4n) is 11.7. The van der Waals surface area contributed by atoms with Crippen LogP contribution < -0.4 is 0 Å².